The molecule has 28 heavy (non-hydrogen) atoms. The molecule has 0 radical (unpaired) electrons. The smallest absolute Gasteiger partial charge is 0.175 e. The van der Waals surface area contributed by atoms with E-state index < -0.39 is 5.82 Å². The molecule has 0 saturated heterocycles. The van der Waals surface area contributed by atoms with Crippen LogP contribution in [0.2, 0.25) is 0 Å². The van der Waals surface area contributed by atoms with Crippen molar-refractivity contribution in [1.82, 2.24) is 14.7 Å². The van der Waals surface area contributed by atoms with E-state index in [1.54, 1.807) is 6.07 Å². The summed E-state index contributed by atoms with van der Waals surface area (Å²) in [7, 11) is 1.46. The number of nitrogen functional groups attached to an aromatic ring is 1. The van der Waals surface area contributed by atoms with Crippen LogP contribution in [0.5, 0.6) is 5.75 Å². The van der Waals surface area contributed by atoms with Gasteiger partial charge in [0.25, 0.3) is 0 Å². The summed E-state index contributed by atoms with van der Waals surface area (Å²) in [5, 5.41) is 0. The molecule has 146 valence electrons. The molecular formula is C21H23FN4OS. The van der Waals surface area contributed by atoms with Crippen molar-refractivity contribution < 1.29 is 9.13 Å². The first-order valence-electron chi connectivity index (χ1n) is 8.78. The van der Waals surface area contributed by atoms with Gasteiger partial charge in [-0.25, -0.2) is 9.37 Å². The minimum absolute atomic E-state index is 0.0647. The van der Waals surface area contributed by atoms with Crippen molar-refractivity contribution in [3.63, 3.8) is 0 Å². The normalized spacial score (nSPS) is 11.5. The fourth-order valence-electron chi connectivity index (χ4n) is 2.63. The second kappa shape index (κ2) is 8.16. The number of rotatable bonds is 5. The van der Waals surface area contributed by atoms with Crippen LogP contribution >= 0.6 is 11.9 Å². The van der Waals surface area contributed by atoms with Crippen LogP contribution in [0, 0.1) is 5.82 Å². The minimum atomic E-state index is -0.484. The quantitative estimate of drug-likeness (QED) is 0.593. The Kier molecular flexibility index (Phi) is 5.86. The van der Waals surface area contributed by atoms with E-state index in [2.05, 4.69) is 35.5 Å². The van der Waals surface area contributed by atoms with Gasteiger partial charge in [-0.3, -0.25) is 9.71 Å². The first kappa shape index (κ1) is 20.1. The van der Waals surface area contributed by atoms with Crippen LogP contribution in [0.25, 0.3) is 22.4 Å². The fraction of sp³-hybridized carbons (Fsp3) is 0.238. The molecule has 0 saturated carbocycles. The van der Waals surface area contributed by atoms with E-state index in [-0.39, 0.29) is 17.1 Å². The van der Waals surface area contributed by atoms with Crippen molar-refractivity contribution in [1.29, 1.82) is 0 Å². The largest absolute Gasteiger partial charge is 0.493 e. The zero-order chi connectivity index (χ0) is 20.3. The van der Waals surface area contributed by atoms with Gasteiger partial charge in [0.1, 0.15) is 5.82 Å². The van der Waals surface area contributed by atoms with Crippen LogP contribution in [0.1, 0.15) is 20.8 Å². The molecule has 3 N–H and O–H groups in total. The standard InChI is InChI=1S/C21H23FN4OS/c1-21(2,3)26-28-17-8-6-5-7-13(17)14-9-10-15(19(22)20(14)27-4)16-11-25-18(23)12-24-16/h5-12,26H,1-4H3,(H2,23,25). The molecule has 0 bridgehead atoms. The predicted molar refractivity (Wildman–Crippen MR) is 113 cm³/mol. The van der Waals surface area contributed by atoms with Gasteiger partial charge < -0.3 is 10.5 Å². The Hall–Kier alpha value is -2.64. The number of aromatic nitrogens is 2. The van der Waals surface area contributed by atoms with Crippen LogP contribution in [0.4, 0.5) is 10.2 Å². The van der Waals surface area contributed by atoms with Crippen molar-refractivity contribution in [2.45, 2.75) is 31.2 Å². The van der Waals surface area contributed by atoms with Gasteiger partial charge in [0.15, 0.2) is 11.6 Å². The monoisotopic (exact) mass is 398 g/mol. The Balaban J connectivity index is 2.06. The average Bonchev–Trinajstić information content (AvgIpc) is 2.66. The summed E-state index contributed by atoms with van der Waals surface area (Å²) in [4.78, 5) is 9.14. The molecule has 2 aromatic carbocycles. The molecular weight excluding hydrogens is 375 g/mol. The Morgan fingerprint density at radius 1 is 1.00 bits per heavy atom. The Morgan fingerprint density at radius 3 is 2.36 bits per heavy atom. The summed E-state index contributed by atoms with van der Waals surface area (Å²) < 4.78 is 24.1. The van der Waals surface area contributed by atoms with E-state index in [0.29, 0.717) is 16.8 Å². The van der Waals surface area contributed by atoms with Crippen LogP contribution in [0.15, 0.2) is 53.7 Å². The van der Waals surface area contributed by atoms with E-state index in [0.717, 1.165) is 10.5 Å². The van der Waals surface area contributed by atoms with Gasteiger partial charge in [-0.2, -0.15) is 0 Å². The predicted octanol–water partition coefficient (Wildman–Crippen LogP) is 4.94. The highest BCUT2D eigenvalue weighted by Gasteiger charge is 2.20. The number of nitrogens with one attached hydrogen (secondary N) is 1. The second-order valence-electron chi connectivity index (χ2n) is 7.28. The molecule has 3 aromatic rings. The highest BCUT2D eigenvalue weighted by molar-refractivity contribution is 7.97. The SMILES string of the molecule is COc1c(-c2ccccc2SNC(C)(C)C)ccc(-c2cnc(N)cn2)c1F. The van der Waals surface area contributed by atoms with Gasteiger partial charge in [0, 0.05) is 27.1 Å². The number of halogens is 1. The number of methoxy groups -OCH3 is 1. The third-order valence-electron chi connectivity index (χ3n) is 3.89. The van der Waals surface area contributed by atoms with Crippen LogP contribution < -0.4 is 15.2 Å². The van der Waals surface area contributed by atoms with E-state index >= 15 is 4.39 Å². The van der Waals surface area contributed by atoms with Gasteiger partial charge in [-0.05, 0) is 50.9 Å². The third-order valence-corrected chi connectivity index (χ3v) is 5.18. The summed E-state index contributed by atoms with van der Waals surface area (Å²) >= 11 is 1.51. The second-order valence-corrected chi connectivity index (χ2v) is 8.13. The lowest BCUT2D eigenvalue weighted by atomic mass is 10.0. The van der Waals surface area contributed by atoms with Crippen molar-refractivity contribution in [2.24, 2.45) is 0 Å². The lowest BCUT2D eigenvalue weighted by Gasteiger charge is -2.21. The maximum absolute atomic E-state index is 15.3. The molecule has 1 heterocycles. The lowest BCUT2D eigenvalue weighted by Crippen LogP contribution is -2.29. The summed E-state index contributed by atoms with van der Waals surface area (Å²) in [6, 6.07) is 11.4. The molecule has 0 atom stereocenters. The van der Waals surface area contributed by atoms with Crippen molar-refractivity contribution in [2.75, 3.05) is 12.8 Å². The Labute approximate surface area is 168 Å². The highest BCUT2D eigenvalue weighted by Crippen LogP contribution is 2.40. The van der Waals surface area contributed by atoms with E-state index in [4.69, 9.17) is 10.5 Å². The summed E-state index contributed by atoms with van der Waals surface area (Å²) in [6.07, 6.45) is 2.85. The molecule has 0 aliphatic carbocycles. The fourth-order valence-corrected chi connectivity index (χ4v) is 3.48. The van der Waals surface area contributed by atoms with Gasteiger partial charge in [0.2, 0.25) is 0 Å². The molecule has 1 aromatic heterocycles. The first-order chi connectivity index (χ1) is 13.3. The average molecular weight is 399 g/mol. The van der Waals surface area contributed by atoms with Gasteiger partial charge >= 0.3 is 0 Å². The molecule has 7 heteroatoms. The van der Waals surface area contributed by atoms with Gasteiger partial charge in [0.05, 0.1) is 25.2 Å². The zero-order valence-electron chi connectivity index (χ0n) is 16.3. The van der Waals surface area contributed by atoms with Crippen molar-refractivity contribution in [3.8, 4) is 28.1 Å². The molecule has 0 aliphatic rings. The number of benzene rings is 2. The van der Waals surface area contributed by atoms with Crippen molar-refractivity contribution in [3.05, 3.63) is 54.6 Å². The Bertz CT molecular complexity index is 971. The number of nitrogens with zero attached hydrogens (tertiary/aromatic N) is 2. The first-order valence-corrected chi connectivity index (χ1v) is 9.59. The number of hydrogen-bond donors (Lipinski definition) is 2. The molecule has 0 spiro atoms. The molecule has 3 rings (SSSR count). The number of nitrogens with two attached hydrogens (primary N) is 1. The maximum Gasteiger partial charge on any atom is 0.175 e. The van der Waals surface area contributed by atoms with Gasteiger partial charge in [-0.1, -0.05) is 18.2 Å². The molecule has 0 aliphatic heterocycles. The third kappa shape index (κ3) is 4.43. The highest BCUT2D eigenvalue weighted by atomic mass is 32.2. The number of anilines is 1. The van der Waals surface area contributed by atoms with Crippen molar-refractivity contribution >= 4 is 17.8 Å². The molecule has 5 nitrogen and oxygen atoms in total. The molecule has 0 fully saturated rings. The lowest BCUT2D eigenvalue weighted by molar-refractivity contribution is 0.389. The topological polar surface area (TPSA) is 73.1 Å². The zero-order valence-corrected chi connectivity index (χ0v) is 17.1. The summed E-state index contributed by atoms with van der Waals surface area (Å²) in [5.74, 6) is -0.0346. The Morgan fingerprint density at radius 2 is 1.71 bits per heavy atom. The minimum Gasteiger partial charge on any atom is -0.493 e. The maximum atomic E-state index is 15.3. The number of hydrogen-bond acceptors (Lipinski definition) is 6. The summed E-state index contributed by atoms with van der Waals surface area (Å²) in [6.45, 7) is 6.27. The van der Waals surface area contributed by atoms with Crippen LogP contribution in [0.3, 0.4) is 0 Å². The molecule has 0 unspecified atom stereocenters. The molecule has 0 amide bonds. The van der Waals surface area contributed by atoms with E-state index in [1.807, 2.05) is 30.3 Å². The van der Waals surface area contributed by atoms with Gasteiger partial charge in [-0.15, -0.1) is 0 Å². The summed E-state index contributed by atoms with van der Waals surface area (Å²) in [5.41, 5.74) is 7.77. The van der Waals surface area contributed by atoms with E-state index in [9.17, 15) is 0 Å². The van der Waals surface area contributed by atoms with E-state index in [1.165, 1.54) is 31.5 Å². The number of ether oxygens (including phenoxy) is 1. The van der Waals surface area contributed by atoms with Crippen LogP contribution in [-0.4, -0.2) is 22.6 Å². The van der Waals surface area contributed by atoms with Crippen LogP contribution in [-0.2, 0) is 0 Å².